The molecule has 3 heteroatoms. The molecule has 1 fully saturated rings. The molecule has 3 aliphatic rings. The number of hydrogen-bond acceptors (Lipinski definition) is 2. The third-order valence-corrected chi connectivity index (χ3v) is 5.12. The van der Waals surface area contributed by atoms with Crippen molar-refractivity contribution in [1.29, 1.82) is 0 Å². The van der Waals surface area contributed by atoms with Crippen LogP contribution in [0.1, 0.15) is 55.0 Å². The second kappa shape index (κ2) is 4.59. The summed E-state index contributed by atoms with van der Waals surface area (Å²) in [4.78, 5) is 4.80. The van der Waals surface area contributed by atoms with Gasteiger partial charge in [-0.15, -0.1) is 0 Å². The lowest BCUT2D eigenvalue weighted by Gasteiger charge is -2.26. The lowest BCUT2D eigenvalue weighted by Crippen LogP contribution is -2.18. The fraction of sp³-hybridized carbons (Fsp3) is 0.588. The zero-order valence-electron chi connectivity index (χ0n) is 12.4. The van der Waals surface area contributed by atoms with E-state index in [0.29, 0.717) is 11.8 Å². The lowest BCUT2D eigenvalue weighted by atomic mass is 9.78. The van der Waals surface area contributed by atoms with Gasteiger partial charge in [-0.2, -0.15) is 0 Å². The number of aromatic nitrogens is 2. The molecule has 2 aliphatic heterocycles. The van der Waals surface area contributed by atoms with Crippen molar-refractivity contribution >= 4 is 11.0 Å². The Bertz CT molecular complexity index is 652. The molecule has 1 N–H and O–H groups in total. The topological polar surface area (TPSA) is 29.9 Å². The van der Waals surface area contributed by atoms with E-state index < -0.39 is 0 Å². The molecule has 0 radical (unpaired) electrons. The number of aryl methyl sites for hydroxylation is 2. The van der Waals surface area contributed by atoms with Crippen LogP contribution in [-0.4, -0.2) is 22.6 Å². The minimum Gasteiger partial charge on any atom is -0.328 e. The van der Waals surface area contributed by atoms with Crippen LogP contribution < -0.4 is 5.32 Å². The Kier molecular flexibility index (Phi) is 2.84. The average molecular weight is 269 g/mol. The normalized spacial score (nSPS) is 24.9. The summed E-state index contributed by atoms with van der Waals surface area (Å²) in [6.07, 6.45) is 3.85. The maximum absolute atomic E-state index is 4.80. The molecular weight excluding hydrogens is 246 g/mol. The summed E-state index contributed by atoms with van der Waals surface area (Å²) >= 11 is 0. The third kappa shape index (κ3) is 1.72. The van der Waals surface area contributed by atoms with Crippen molar-refractivity contribution in [3.05, 3.63) is 29.1 Å². The van der Waals surface area contributed by atoms with Gasteiger partial charge in [-0.25, -0.2) is 4.98 Å². The SMILES string of the molecule is CCCn1c(C)nc2cc3c(cc21)C1CCC3CNC1. The van der Waals surface area contributed by atoms with Crippen LogP contribution in [0.2, 0.25) is 0 Å². The number of imidazole rings is 1. The summed E-state index contributed by atoms with van der Waals surface area (Å²) in [5.41, 5.74) is 5.70. The fourth-order valence-corrected chi connectivity index (χ4v) is 4.11. The van der Waals surface area contributed by atoms with Gasteiger partial charge in [0.2, 0.25) is 0 Å². The van der Waals surface area contributed by atoms with Gasteiger partial charge in [0.05, 0.1) is 11.0 Å². The fourth-order valence-electron chi connectivity index (χ4n) is 4.11. The predicted molar refractivity (Wildman–Crippen MR) is 82.3 cm³/mol. The Labute approximate surface area is 120 Å². The van der Waals surface area contributed by atoms with Crippen LogP contribution in [0.3, 0.4) is 0 Å². The first-order chi connectivity index (χ1) is 9.78. The van der Waals surface area contributed by atoms with Crippen molar-refractivity contribution in [2.75, 3.05) is 13.1 Å². The Hall–Kier alpha value is -1.35. The first kappa shape index (κ1) is 12.4. The first-order valence-electron chi connectivity index (χ1n) is 7.99. The van der Waals surface area contributed by atoms with Crippen LogP contribution >= 0.6 is 0 Å². The highest BCUT2D eigenvalue weighted by atomic mass is 15.1. The van der Waals surface area contributed by atoms with Crippen LogP contribution in [0.4, 0.5) is 0 Å². The highest BCUT2D eigenvalue weighted by Crippen LogP contribution is 2.42. The molecule has 2 atom stereocenters. The van der Waals surface area contributed by atoms with Crippen LogP contribution in [0.25, 0.3) is 11.0 Å². The van der Waals surface area contributed by atoms with Crippen LogP contribution in [-0.2, 0) is 6.54 Å². The summed E-state index contributed by atoms with van der Waals surface area (Å²) in [6.45, 7) is 7.74. The van der Waals surface area contributed by atoms with E-state index in [0.717, 1.165) is 31.9 Å². The molecule has 20 heavy (non-hydrogen) atoms. The van der Waals surface area contributed by atoms with E-state index in [1.54, 1.807) is 11.1 Å². The number of benzene rings is 1. The van der Waals surface area contributed by atoms with Gasteiger partial charge in [-0.3, -0.25) is 0 Å². The minimum atomic E-state index is 0.699. The maximum Gasteiger partial charge on any atom is 0.106 e. The van der Waals surface area contributed by atoms with E-state index in [1.807, 2.05) is 0 Å². The molecule has 0 spiro atoms. The number of nitrogens with one attached hydrogen (secondary N) is 1. The number of hydrogen-bond donors (Lipinski definition) is 1. The molecule has 1 aromatic heterocycles. The third-order valence-electron chi connectivity index (χ3n) is 5.12. The Morgan fingerprint density at radius 2 is 1.90 bits per heavy atom. The van der Waals surface area contributed by atoms with Crippen molar-refractivity contribution in [2.24, 2.45) is 0 Å². The molecule has 1 aromatic carbocycles. The molecule has 1 saturated heterocycles. The largest absolute Gasteiger partial charge is 0.328 e. The van der Waals surface area contributed by atoms with Crippen LogP contribution in [0.15, 0.2) is 12.1 Å². The van der Waals surface area contributed by atoms with Gasteiger partial charge >= 0.3 is 0 Å². The smallest absolute Gasteiger partial charge is 0.106 e. The highest BCUT2D eigenvalue weighted by molar-refractivity contribution is 5.79. The highest BCUT2D eigenvalue weighted by Gasteiger charge is 2.31. The Balaban J connectivity index is 1.94. The van der Waals surface area contributed by atoms with E-state index >= 15 is 0 Å². The average Bonchev–Trinajstić information content (AvgIpc) is 2.65. The standard InChI is InChI=1S/C17H23N3/c1-3-6-20-11(2)19-16-7-14-12-4-5-13(10-18-9-12)15(14)8-17(16)20/h7-8,12-13,18H,3-6,9-10H2,1-2H3. The van der Waals surface area contributed by atoms with Crippen molar-refractivity contribution in [1.82, 2.24) is 14.9 Å². The molecule has 0 amide bonds. The second-order valence-corrected chi connectivity index (χ2v) is 6.41. The van der Waals surface area contributed by atoms with E-state index in [2.05, 4.69) is 35.9 Å². The summed E-state index contributed by atoms with van der Waals surface area (Å²) in [5, 5.41) is 3.63. The predicted octanol–water partition coefficient (Wildman–Crippen LogP) is 3.32. The van der Waals surface area contributed by atoms with Gasteiger partial charge in [-0.1, -0.05) is 6.92 Å². The van der Waals surface area contributed by atoms with Gasteiger partial charge in [-0.05, 0) is 61.3 Å². The van der Waals surface area contributed by atoms with E-state index in [-0.39, 0.29) is 0 Å². The number of rotatable bonds is 2. The van der Waals surface area contributed by atoms with Crippen molar-refractivity contribution in [3.63, 3.8) is 0 Å². The van der Waals surface area contributed by atoms with Crippen LogP contribution in [0.5, 0.6) is 0 Å². The quantitative estimate of drug-likeness (QED) is 0.906. The van der Waals surface area contributed by atoms with E-state index in [4.69, 9.17) is 4.98 Å². The molecular formula is C17H23N3. The molecule has 3 nitrogen and oxygen atoms in total. The lowest BCUT2D eigenvalue weighted by molar-refractivity contribution is 0.550. The van der Waals surface area contributed by atoms with Gasteiger partial charge < -0.3 is 9.88 Å². The van der Waals surface area contributed by atoms with Crippen molar-refractivity contribution in [3.8, 4) is 0 Å². The maximum atomic E-state index is 4.80. The Morgan fingerprint density at radius 1 is 1.20 bits per heavy atom. The molecule has 106 valence electrons. The molecule has 3 heterocycles. The zero-order chi connectivity index (χ0) is 13.7. The van der Waals surface area contributed by atoms with Gasteiger partial charge in [0.15, 0.2) is 0 Å². The summed E-state index contributed by atoms with van der Waals surface area (Å²) < 4.78 is 2.39. The molecule has 2 aromatic rings. The summed E-state index contributed by atoms with van der Waals surface area (Å²) in [7, 11) is 0. The zero-order valence-corrected chi connectivity index (χ0v) is 12.4. The van der Waals surface area contributed by atoms with Gasteiger partial charge in [0, 0.05) is 19.6 Å². The van der Waals surface area contributed by atoms with Gasteiger partial charge in [0.1, 0.15) is 5.82 Å². The van der Waals surface area contributed by atoms with E-state index in [1.165, 1.54) is 23.9 Å². The number of fused-ring (bicyclic) bond motifs is 4. The number of nitrogens with zero attached hydrogens (tertiary/aromatic N) is 2. The summed E-state index contributed by atoms with van der Waals surface area (Å²) in [6, 6.07) is 4.83. The first-order valence-corrected chi connectivity index (χ1v) is 7.99. The molecule has 1 aliphatic carbocycles. The monoisotopic (exact) mass is 269 g/mol. The minimum absolute atomic E-state index is 0.699. The second-order valence-electron chi connectivity index (χ2n) is 6.41. The van der Waals surface area contributed by atoms with E-state index in [9.17, 15) is 0 Å². The van der Waals surface area contributed by atoms with Gasteiger partial charge in [0.25, 0.3) is 0 Å². The Morgan fingerprint density at radius 3 is 2.60 bits per heavy atom. The summed E-state index contributed by atoms with van der Waals surface area (Å²) in [5.74, 6) is 2.57. The van der Waals surface area contributed by atoms with Crippen molar-refractivity contribution < 1.29 is 0 Å². The molecule has 5 rings (SSSR count). The van der Waals surface area contributed by atoms with Crippen molar-refractivity contribution in [2.45, 2.75) is 51.5 Å². The molecule has 2 unspecified atom stereocenters. The molecule has 2 bridgehead atoms. The molecule has 0 saturated carbocycles. The van der Waals surface area contributed by atoms with Crippen LogP contribution in [0, 0.1) is 6.92 Å².